The van der Waals surface area contributed by atoms with Crippen LogP contribution in [-0.2, 0) is 20.9 Å². The number of likely N-dealkylation sites (N-methyl/N-ethyl adjacent to an activating group) is 1. The largest absolute Gasteiger partial charge is 0.444 e. The van der Waals surface area contributed by atoms with E-state index < -0.39 is 11.7 Å². The van der Waals surface area contributed by atoms with Crippen LogP contribution in [0.5, 0.6) is 0 Å². The SMILES string of the molecule is CON(C)C(=O)CN(Cc1ccccc1)C(=O)OC(C)(C)C. The molecule has 1 aromatic rings. The summed E-state index contributed by atoms with van der Waals surface area (Å²) in [5, 5.41) is 1.09. The summed E-state index contributed by atoms with van der Waals surface area (Å²) in [6, 6.07) is 9.44. The van der Waals surface area contributed by atoms with Crippen LogP contribution in [0, 0.1) is 0 Å². The van der Waals surface area contributed by atoms with Crippen LogP contribution in [0.3, 0.4) is 0 Å². The Morgan fingerprint density at radius 2 is 1.73 bits per heavy atom. The summed E-state index contributed by atoms with van der Waals surface area (Å²) >= 11 is 0. The van der Waals surface area contributed by atoms with Gasteiger partial charge in [-0.05, 0) is 26.3 Å². The number of benzene rings is 1. The molecule has 0 fully saturated rings. The lowest BCUT2D eigenvalue weighted by Crippen LogP contribution is -2.43. The van der Waals surface area contributed by atoms with Gasteiger partial charge in [0.15, 0.2) is 0 Å². The van der Waals surface area contributed by atoms with Crippen molar-refractivity contribution in [1.29, 1.82) is 0 Å². The third-order valence-electron chi connectivity index (χ3n) is 2.82. The predicted molar refractivity (Wildman–Crippen MR) is 82.9 cm³/mol. The van der Waals surface area contributed by atoms with Crippen molar-refractivity contribution in [3.63, 3.8) is 0 Å². The summed E-state index contributed by atoms with van der Waals surface area (Å²) in [7, 11) is 2.89. The molecule has 0 saturated heterocycles. The van der Waals surface area contributed by atoms with E-state index in [2.05, 4.69) is 0 Å². The lowest BCUT2D eigenvalue weighted by atomic mass is 10.2. The third kappa shape index (κ3) is 6.13. The summed E-state index contributed by atoms with van der Waals surface area (Å²) in [5.74, 6) is -0.329. The number of amides is 2. The van der Waals surface area contributed by atoms with Crippen molar-refractivity contribution in [1.82, 2.24) is 9.96 Å². The molecule has 0 saturated carbocycles. The second-order valence-electron chi connectivity index (χ2n) is 5.90. The van der Waals surface area contributed by atoms with Gasteiger partial charge in [0, 0.05) is 13.6 Å². The van der Waals surface area contributed by atoms with E-state index in [1.807, 2.05) is 30.3 Å². The molecule has 0 aromatic heterocycles. The van der Waals surface area contributed by atoms with Crippen LogP contribution in [0.2, 0.25) is 0 Å². The fourth-order valence-corrected chi connectivity index (χ4v) is 1.68. The molecule has 0 atom stereocenters. The van der Waals surface area contributed by atoms with E-state index in [0.717, 1.165) is 10.6 Å². The van der Waals surface area contributed by atoms with Crippen LogP contribution in [0.25, 0.3) is 0 Å². The summed E-state index contributed by atoms with van der Waals surface area (Å²) < 4.78 is 5.36. The fourth-order valence-electron chi connectivity index (χ4n) is 1.68. The standard InChI is InChI=1S/C16H24N2O4/c1-16(2,3)22-15(20)18(12-14(19)17(4)21-5)11-13-9-7-6-8-10-13/h6-10H,11-12H2,1-5H3. The minimum absolute atomic E-state index is 0.117. The summed E-state index contributed by atoms with van der Waals surface area (Å²) in [6.07, 6.45) is -0.533. The Labute approximate surface area is 131 Å². The Balaban J connectivity index is 2.85. The van der Waals surface area contributed by atoms with Crippen molar-refractivity contribution < 1.29 is 19.2 Å². The van der Waals surface area contributed by atoms with Crippen LogP contribution in [0.1, 0.15) is 26.3 Å². The van der Waals surface area contributed by atoms with Crippen LogP contribution in [0.4, 0.5) is 4.79 Å². The Morgan fingerprint density at radius 3 is 2.23 bits per heavy atom. The molecule has 1 aromatic carbocycles. The quantitative estimate of drug-likeness (QED) is 0.784. The van der Waals surface area contributed by atoms with Crippen molar-refractivity contribution in [3.05, 3.63) is 35.9 Å². The third-order valence-corrected chi connectivity index (χ3v) is 2.82. The van der Waals surface area contributed by atoms with E-state index in [-0.39, 0.29) is 12.5 Å². The molecule has 0 spiro atoms. The molecule has 0 N–H and O–H groups in total. The topological polar surface area (TPSA) is 59.1 Å². The molecule has 6 heteroatoms. The van der Waals surface area contributed by atoms with Crippen molar-refractivity contribution >= 4 is 12.0 Å². The maximum Gasteiger partial charge on any atom is 0.411 e. The zero-order valence-corrected chi connectivity index (χ0v) is 13.8. The number of hydrogen-bond donors (Lipinski definition) is 0. The molecule has 0 radical (unpaired) electrons. The van der Waals surface area contributed by atoms with Gasteiger partial charge >= 0.3 is 6.09 Å². The van der Waals surface area contributed by atoms with Gasteiger partial charge < -0.3 is 4.74 Å². The van der Waals surface area contributed by atoms with Gasteiger partial charge in [0.05, 0.1) is 7.11 Å². The van der Waals surface area contributed by atoms with Crippen LogP contribution in [0.15, 0.2) is 30.3 Å². The van der Waals surface area contributed by atoms with Gasteiger partial charge in [-0.3, -0.25) is 14.5 Å². The zero-order valence-electron chi connectivity index (χ0n) is 13.8. The maximum absolute atomic E-state index is 12.3. The molecule has 0 heterocycles. The molecule has 0 aliphatic rings. The average molecular weight is 308 g/mol. The first kappa shape index (κ1) is 18.0. The number of carbonyl (C=O) groups is 2. The number of hydrogen-bond acceptors (Lipinski definition) is 4. The van der Waals surface area contributed by atoms with Gasteiger partial charge in [0.1, 0.15) is 12.1 Å². The highest BCUT2D eigenvalue weighted by Gasteiger charge is 2.25. The fraction of sp³-hybridized carbons (Fsp3) is 0.500. The van der Waals surface area contributed by atoms with Gasteiger partial charge in [0.25, 0.3) is 5.91 Å². The monoisotopic (exact) mass is 308 g/mol. The molecular weight excluding hydrogens is 284 g/mol. The highest BCUT2D eigenvalue weighted by molar-refractivity contribution is 5.81. The first-order valence-electron chi connectivity index (χ1n) is 7.05. The summed E-state index contributed by atoms with van der Waals surface area (Å²) in [6.45, 7) is 5.53. The number of ether oxygens (including phenoxy) is 1. The highest BCUT2D eigenvalue weighted by atomic mass is 16.7. The minimum atomic E-state index is -0.623. The first-order valence-corrected chi connectivity index (χ1v) is 7.05. The molecular formula is C16H24N2O4. The average Bonchev–Trinajstić information content (AvgIpc) is 2.44. The van der Waals surface area contributed by atoms with Crippen LogP contribution < -0.4 is 0 Å². The second kappa shape index (κ2) is 7.79. The van der Waals surface area contributed by atoms with Crippen molar-refractivity contribution in [2.75, 3.05) is 20.7 Å². The second-order valence-corrected chi connectivity index (χ2v) is 5.90. The highest BCUT2D eigenvalue weighted by Crippen LogP contribution is 2.13. The van der Waals surface area contributed by atoms with Crippen molar-refractivity contribution in [2.45, 2.75) is 32.9 Å². The summed E-state index contributed by atoms with van der Waals surface area (Å²) in [5.41, 5.74) is 0.295. The number of rotatable bonds is 5. The molecule has 2 amide bonds. The van der Waals surface area contributed by atoms with Gasteiger partial charge in [-0.25, -0.2) is 9.86 Å². The molecule has 0 aliphatic heterocycles. The number of nitrogens with zero attached hydrogens (tertiary/aromatic N) is 2. The number of carbonyl (C=O) groups excluding carboxylic acids is 2. The molecule has 6 nitrogen and oxygen atoms in total. The zero-order chi connectivity index (χ0) is 16.8. The Kier molecular flexibility index (Phi) is 6.37. The van der Waals surface area contributed by atoms with E-state index in [1.54, 1.807) is 20.8 Å². The maximum atomic E-state index is 12.3. The molecule has 0 bridgehead atoms. The lowest BCUT2D eigenvalue weighted by Gasteiger charge is -2.28. The predicted octanol–water partition coefficient (Wildman–Crippen LogP) is 2.44. The van der Waals surface area contributed by atoms with Gasteiger partial charge in [-0.15, -0.1) is 0 Å². The normalized spacial score (nSPS) is 11.0. The summed E-state index contributed by atoms with van der Waals surface area (Å²) in [4.78, 5) is 30.5. The van der Waals surface area contributed by atoms with Crippen LogP contribution >= 0.6 is 0 Å². The Bertz CT molecular complexity index is 497. The van der Waals surface area contributed by atoms with E-state index in [1.165, 1.54) is 19.1 Å². The molecule has 0 aliphatic carbocycles. The van der Waals surface area contributed by atoms with Gasteiger partial charge in [-0.1, -0.05) is 30.3 Å². The molecule has 122 valence electrons. The van der Waals surface area contributed by atoms with E-state index in [4.69, 9.17) is 9.57 Å². The van der Waals surface area contributed by atoms with Gasteiger partial charge in [0.2, 0.25) is 0 Å². The first-order chi connectivity index (χ1) is 10.2. The van der Waals surface area contributed by atoms with Crippen molar-refractivity contribution in [3.8, 4) is 0 Å². The van der Waals surface area contributed by atoms with E-state index in [9.17, 15) is 9.59 Å². The number of hydroxylamine groups is 2. The smallest absolute Gasteiger partial charge is 0.411 e. The van der Waals surface area contributed by atoms with E-state index in [0.29, 0.717) is 6.54 Å². The molecule has 22 heavy (non-hydrogen) atoms. The molecule has 0 unspecified atom stereocenters. The van der Waals surface area contributed by atoms with E-state index >= 15 is 0 Å². The van der Waals surface area contributed by atoms with Gasteiger partial charge in [-0.2, -0.15) is 0 Å². The minimum Gasteiger partial charge on any atom is -0.444 e. The molecule has 1 rings (SSSR count). The Hall–Kier alpha value is -2.08. The van der Waals surface area contributed by atoms with Crippen molar-refractivity contribution in [2.24, 2.45) is 0 Å². The van der Waals surface area contributed by atoms with Crippen LogP contribution in [-0.4, -0.2) is 48.3 Å². The lowest BCUT2D eigenvalue weighted by molar-refractivity contribution is -0.169. The Morgan fingerprint density at radius 1 is 1.14 bits per heavy atom.